The first-order valence-electron chi connectivity index (χ1n) is 8.88. The Morgan fingerprint density at radius 1 is 1.27 bits per heavy atom. The first kappa shape index (κ1) is 21.4. The van der Waals surface area contributed by atoms with Gasteiger partial charge in [0.2, 0.25) is 11.8 Å². The van der Waals surface area contributed by atoms with Crippen LogP contribution in [0.1, 0.15) is 39.6 Å². The largest absolute Gasteiger partial charge is 0.366 e. The second-order valence-electron chi connectivity index (χ2n) is 7.00. The predicted octanol–water partition coefficient (Wildman–Crippen LogP) is 0.148. The van der Waals surface area contributed by atoms with Crippen LogP contribution in [-0.2, 0) is 20.7 Å². The molecule has 11 heteroatoms. The van der Waals surface area contributed by atoms with Gasteiger partial charge in [-0.1, -0.05) is 12.1 Å². The molecule has 2 heterocycles. The van der Waals surface area contributed by atoms with E-state index in [0.717, 1.165) is 11.0 Å². The maximum Gasteiger partial charge on any atom is 0.260 e. The molecule has 5 N–H and O–H groups in total. The lowest BCUT2D eigenvalue weighted by atomic mass is 9.99. The number of amides is 4. The Hall–Kier alpha value is -3.31. The minimum atomic E-state index is -2.59. The maximum absolute atomic E-state index is 13.3. The number of carbonyl (C=O) groups is 4. The number of nitrogens with zero attached hydrogens (tertiary/aromatic N) is 2. The number of anilines is 1. The summed E-state index contributed by atoms with van der Waals surface area (Å²) in [4.78, 5) is 51.4. The number of fused-ring (bicyclic) bond motifs is 2. The van der Waals surface area contributed by atoms with E-state index in [1.165, 1.54) is 36.2 Å². The van der Waals surface area contributed by atoms with E-state index in [9.17, 15) is 27.9 Å². The quantitative estimate of drug-likeness (QED) is 0.453. The van der Waals surface area contributed by atoms with Crippen LogP contribution in [0, 0.1) is 6.92 Å². The number of aryl methyl sites for hydroxylation is 1. The Balaban J connectivity index is 2.30. The molecular formula is C19H20N4O6S. The highest BCUT2D eigenvalue weighted by atomic mass is 32.2. The Bertz CT molecular complexity index is 1060. The molecule has 0 spiro atoms. The number of nitrogens with two attached hydrogens (primary N) is 2. The van der Waals surface area contributed by atoms with Gasteiger partial charge in [-0.05, 0) is 30.5 Å². The fraction of sp³-hybridized carbons (Fsp3) is 0.263. The van der Waals surface area contributed by atoms with Gasteiger partial charge in [0.25, 0.3) is 11.8 Å². The summed E-state index contributed by atoms with van der Waals surface area (Å²) in [6, 6.07) is 2.06. The third kappa shape index (κ3) is 3.53. The molecule has 2 aliphatic rings. The summed E-state index contributed by atoms with van der Waals surface area (Å²) in [7, 11) is 0. The number of hydrogen-bond donors (Lipinski definition) is 3. The average molecular weight is 432 g/mol. The maximum atomic E-state index is 13.3. The number of hydrogen-bond acceptors (Lipinski definition) is 5. The van der Waals surface area contributed by atoms with Crippen LogP contribution in [0.15, 0.2) is 36.1 Å². The first-order chi connectivity index (χ1) is 14.0. The third-order valence-corrected chi connectivity index (χ3v) is 5.97. The molecule has 0 saturated heterocycles. The fourth-order valence-corrected chi connectivity index (χ4v) is 4.77. The van der Waals surface area contributed by atoms with Crippen LogP contribution >= 0.6 is 0 Å². The molecule has 10 nitrogen and oxygen atoms in total. The monoisotopic (exact) mass is 432 g/mol. The summed E-state index contributed by atoms with van der Waals surface area (Å²) in [5, 5.41) is -1.37. The van der Waals surface area contributed by atoms with Gasteiger partial charge in [-0.3, -0.25) is 24.1 Å². The van der Waals surface area contributed by atoms with Gasteiger partial charge in [-0.2, -0.15) is 0 Å². The second kappa shape index (κ2) is 7.84. The lowest BCUT2D eigenvalue weighted by molar-refractivity contribution is -0.117. The fourth-order valence-electron chi connectivity index (χ4n) is 3.84. The van der Waals surface area contributed by atoms with Crippen molar-refractivity contribution in [3.05, 3.63) is 52.7 Å². The Morgan fingerprint density at radius 2 is 1.93 bits per heavy atom. The molecule has 0 fully saturated rings. The zero-order valence-corrected chi connectivity index (χ0v) is 17.0. The molecule has 1 aromatic carbocycles. The molecule has 3 atom stereocenters. The van der Waals surface area contributed by atoms with E-state index in [1.807, 2.05) is 0 Å². The molecule has 0 aromatic heterocycles. The van der Waals surface area contributed by atoms with Gasteiger partial charge in [-0.25, -0.2) is 4.21 Å². The van der Waals surface area contributed by atoms with Crippen LogP contribution in [0.3, 0.4) is 0 Å². The molecule has 30 heavy (non-hydrogen) atoms. The van der Waals surface area contributed by atoms with Crippen molar-refractivity contribution < 1.29 is 27.9 Å². The Kier molecular flexibility index (Phi) is 5.59. The van der Waals surface area contributed by atoms with Crippen molar-refractivity contribution in [1.82, 2.24) is 4.90 Å². The minimum Gasteiger partial charge on any atom is -0.366 e. The number of carbonyl (C=O) groups excluding carboxylic acids is 4. The summed E-state index contributed by atoms with van der Waals surface area (Å²) in [5.74, 6) is -2.76. The SMILES string of the molecule is CC(=O)N1c2c(ccc(C)c2C(N)=O)C(=O)N2C=C(/C=C/C(N)=O)CC2C1S(=O)O. The zero-order valence-electron chi connectivity index (χ0n) is 16.2. The second-order valence-corrected chi connectivity index (χ2v) is 8.03. The topological polar surface area (TPSA) is 164 Å². The van der Waals surface area contributed by atoms with Gasteiger partial charge in [0.1, 0.15) is 0 Å². The van der Waals surface area contributed by atoms with Crippen molar-refractivity contribution in [1.29, 1.82) is 0 Å². The van der Waals surface area contributed by atoms with Crippen LogP contribution in [0.25, 0.3) is 0 Å². The van der Waals surface area contributed by atoms with Gasteiger partial charge < -0.3 is 20.9 Å². The van der Waals surface area contributed by atoms with Crippen molar-refractivity contribution in [2.45, 2.75) is 31.7 Å². The molecule has 0 saturated carbocycles. The van der Waals surface area contributed by atoms with Gasteiger partial charge in [-0.15, -0.1) is 0 Å². The summed E-state index contributed by atoms with van der Waals surface area (Å²) in [6.07, 6.45) is 4.04. The van der Waals surface area contributed by atoms with Crippen LogP contribution in [0.4, 0.5) is 5.69 Å². The van der Waals surface area contributed by atoms with Gasteiger partial charge in [0.05, 0.1) is 22.9 Å². The van der Waals surface area contributed by atoms with Crippen LogP contribution < -0.4 is 16.4 Å². The Labute approximate surface area is 174 Å². The van der Waals surface area contributed by atoms with E-state index in [-0.39, 0.29) is 23.2 Å². The van der Waals surface area contributed by atoms with Crippen molar-refractivity contribution in [3.8, 4) is 0 Å². The van der Waals surface area contributed by atoms with E-state index in [0.29, 0.717) is 11.1 Å². The smallest absolute Gasteiger partial charge is 0.260 e. The van der Waals surface area contributed by atoms with Crippen molar-refractivity contribution >= 4 is 40.4 Å². The van der Waals surface area contributed by atoms with Crippen LogP contribution in [0.2, 0.25) is 0 Å². The van der Waals surface area contributed by atoms with E-state index < -0.39 is 46.1 Å². The molecule has 0 aliphatic carbocycles. The minimum absolute atomic E-state index is 0.000990. The molecule has 0 radical (unpaired) electrons. The number of allylic oxidation sites excluding steroid dienone is 1. The summed E-state index contributed by atoms with van der Waals surface area (Å²) in [5.41, 5.74) is 11.4. The number of rotatable bonds is 4. The molecule has 3 rings (SSSR count). The van der Waals surface area contributed by atoms with Crippen LogP contribution in [0.5, 0.6) is 0 Å². The predicted molar refractivity (Wildman–Crippen MR) is 108 cm³/mol. The van der Waals surface area contributed by atoms with Crippen molar-refractivity contribution in [3.63, 3.8) is 0 Å². The molecule has 1 aromatic rings. The van der Waals surface area contributed by atoms with E-state index in [1.54, 1.807) is 6.92 Å². The summed E-state index contributed by atoms with van der Waals surface area (Å²) in [6.45, 7) is 2.76. The van der Waals surface area contributed by atoms with E-state index in [2.05, 4.69) is 0 Å². The lowest BCUT2D eigenvalue weighted by Gasteiger charge is -2.33. The van der Waals surface area contributed by atoms with Gasteiger partial charge in [0, 0.05) is 19.2 Å². The van der Waals surface area contributed by atoms with Crippen molar-refractivity contribution in [2.75, 3.05) is 4.90 Å². The number of primary amides is 2. The Morgan fingerprint density at radius 3 is 2.47 bits per heavy atom. The molecule has 4 amide bonds. The summed E-state index contributed by atoms with van der Waals surface area (Å²) >= 11 is -2.59. The highest BCUT2D eigenvalue weighted by Gasteiger charge is 2.48. The average Bonchev–Trinajstić information content (AvgIpc) is 3.02. The molecule has 3 unspecified atom stereocenters. The highest BCUT2D eigenvalue weighted by Crippen LogP contribution is 2.40. The van der Waals surface area contributed by atoms with E-state index in [4.69, 9.17) is 11.5 Å². The molecule has 2 aliphatic heterocycles. The normalized spacial score (nSPS) is 21.7. The first-order valence-corrected chi connectivity index (χ1v) is 10.0. The van der Waals surface area contributed by atoms with E-state index >= 15 is 0 Å². The molecular weight excluding hydrogens is 412 g/mol. The summed E-state index contributed by atoms with van der Waals surface area (Å²) < 4.78 is 22.5. The highest BCUT2D eigenvalue weighted by molar-refractivity contribution is 7.80. The molecule has 0 bridgehead atoms. The standard InChI is InChI=1S/C19H20N4O6S/c1-9-3-5-12-16(15(9)17(21)26)23(10(2)24)19(30(28)29)13-7-11(4-6-14(20)25)8-22(13)18(12)27/h3-6,8,13,19H,7H2,1-2H3,(H2,20,25)(H2,21,26)(H,28,29)/b6-4+. The lowest BCUT2D eigenvalue weighted by Crippen LogP contribution is -2.52. The zero-order chi connectivity index (χ0) is 22.3. The molecule has 158 valence electrons. The van der Waals surface area contributed by atoms with Gasteiger partial charge >= 0.3 is 0 Å². The number of benzene rings is 1. The van der Waals surface area contributed by atoms with Crippen LogP contribution in [-0.4, -0.2) is 48.7 Å². The third-order valence-electron chi connectivity index (χ3n) is 5.04. The van der Waals surface area contributed by atoms with Crippen molar-refractivity contribution in [2.24, 2.45) is 11.5 Å². The van der Waals surface area contributed by atoms with Gasteiger partial charge in [0.15, 0.2) is 16.5 Å².